The summed E-state index contributed by atoms with van der Waals surface area (Å²) in [5, 5.41) is 12.5. The highest BCUT2D eigenvalue weighted by molar-refractivity contribution is 7.90. The van der Waals surface area contributed by atoms with Gasteiger partial charge in [0.15, 0.2) is 9.84 Å². The van der Waals surface area contributed by atoms with Crippen LogP contribution in [0.15, 0.2) is 47.4 Å². The molecule has 0 aliphatic carbocycles. The number of amides is 2. The van der Waals surface area contributed by atoms with Gasteiger partial charge >= 0.3 is 6.09 Å². The Bertz CT molecular complexity index is 1290. The fraction of sp³-hybridized carbons (Fsp3) is 0.444. The van der Waals surface area contributed by atoms with Gasteiger partial charge < -0.3 is 15.8 Å². The van der Waals surface area contributed by atoms with E-state index < -0.39 is 33.6 Å². The van der Waals surface area contributed by atoms with Crippen LogP contribution < -0.4 is 11.1 Å². The van der Waals surface area contributed by atoms with Gasteiger partial charge in [-0.05, 0) is 68.9 Å². The van der Waals surface area contributed by atoms with Crippen molar-refractivity contribution in [2.75, 3.05) is 18.5 Å². The topological polar surface area (TPSA) is 143 Å². The van der Waals surface area contributed by atoms with Gasteiger partial charge in [-0.2, -0.15) is 5.26 Å². The maximum absolute atomic E-state index is 13.0. The first kappa shape index (κ1) is 28.0. The van der Waals surface area contributed by atoms with Crippen molar-refractivity contribution < 1.29 is 22.7 Å². The molecule has 198 valence electrons. The monoisotopic (exact) mass is 526 g/mol. The summed E-state index contributed by atoms with van der Waals surface area (Å²) < 4.78 is 29.5. The van der Waals surface area contributed by atoms with Crippen LogP contribution in [0.4, 0.5) is 10.5 Å². The predicted octanol–water partition coefficient (Wildman–Crippen LogP) is 3.68. The fourth-order valence-electron chi connectivity index (χ4n) is 4.24. The molecular formula is C27H34N4O5S. The number of carbonyl (C=O) groups excluding carboxylic acids is 2. The molecule has 0 bridgehead atoms. The number of nitrogen functional groups attached to an aromatic ring is 1. The fourth-order valence-corrected chi connectivity index (χ4v) is 5.08. The van der Waals surface area contributed by atoms with Crippen molar-refractivity contribution in [3.63, 3.8) is 0 Å². The molecule has 2 aromatic carbocycles. The second-order valence-electron chi connectivity index (χ2n) is 10.3. The molecule has 37 heavy (non-hydrogen) atoms. The number of carbonyl (C=O) groups is 2. The molecule has 10 heteroatoms. The zero-order chi connectivity index (χ0) is 27.4. The average Bonchev–Trinajstić information content (AvgIpc) is 2.82. The van der Waals surface area contributed by atoms with E-state index in [1.54, 1.807) is 39.0 Å². The van der Waals surface area contributed by atoms with E-state index in [0.717, 1.165) is 30.2 Å². The zero-order valence-corrected chi connectivity index (χ0v) is 22.5. The van der Waals surface area contributed by atoms with Crippen molar-refractivity contribution in [2.45, 2.75) is 69.0 Å². The molecule has 1 heterocycles. The molecule has 3 rings (SSSR count). The Labute approximate surface area is 218 Å². The van der Waals surface area contributed by atoms with Gasteiger partial charge in [-0.15, -0.1) is 0 Å². The van der Waals surface area contributed by atoms with Crippen LogP contribution in [0.5, 0.6) is 0 Å². The number of hydrogen-bond donors (Lipinski definition) is 2. The molecule has 1 fully saturated rings. The summed E-state index contributed by atoms with van der Waals surface area (Å²) in [7, 11) is -3.46. The van der Waals surface area contributed by atoms with E-state index >= 15 is 0 Å². The van der Waals surface area contributed by atoms with Crippen LogP contribution in [0.2, 0.25) is 0 Å². The summed E-state index contributed by atoms with van der Waals surface area (Å²) in [6.07, 6.45) is 2.96. The van der Waals surface area contributed by atoms with Gasteiger partial charge in [-0.1, -0.05) is 30.3 Å². The van der Waals surface area contributed by atoms with E-state index in [9.17, 15) is 23.3 Å². The molecule has 2 aromatic rings. The number of nitrogens with two attached hydrogens (primary N) is 1. The number of likely N-dealkylation sites (tertiary alicyclic amines) is 1. The highest BCUT2D eigenvalue weighted by Crippen LogP contribution is 2.27. The van der Waals surface area contributed by atoms with E-state index in [2.05, 4.69) is 11.4 Å². The Morgan fingerprint density at radius 2 is 1.81 bits per heavy atom. The lowest BCUT2D eigenvalue weighted by Crippen LogP contribution is -2.54. The van der Waals surface area contributed by atoms with E-state index in [1.807, 2.05) is 24.3 Å². The van der Waals surface area contributed by atoms with Crippen LogP contribution in [0, 0.1) is 11.3 Å². The number of hydrogen-bond acceptors (Lipinski definition) is 7. The number of nitrogens with zero attached hydrogens (tertiary/aromatic N) is 2. The number of rotatable bonds is 6. The van der Waals surface area contributed by atoms with Gasteiger partial charge in [0, 0.05) is 19.2 Å². The summed E-state index contributed by atoms with van der Waals surface area (Å²) in [4.78, 5) is 27.2. The van der Waals surface area contributed by atoms with E-state index in [4.69, 9.17) is 10.5 Å². The summed E-state index contributed by atoms with van der Waals surface area (Å²) in [6, 6.07) is 12.8. The number of piperidine rings is 1. The number of ether oxygens (including phenoxy) is 1. The van der Waals surface area contributed by atoms with Crippen LogP contribution in [-0.4, -0.2) is 55.8 Å². The van der Waals surface area contributed by atoms with Gasteiger partial charge in [0.1, 0.15) is 17.7 Å². The minimum Gasteiger partial charge on any atom is -0.444 e. The smallest absolute Gasteiger partial charge is 0.410 e. The molecule has 1 aliphatic rings. The third kappa shape index (κ3) is 7.46. The second kappa shape index (κ2) is 11.2. The van der Waals surface area contributed by atoms with Gasteiger partial charge in [-0.25, -0.2) is 13.2 Å². The van der Waals surface area contributed by atoms with Crippen molar-refractivity contribution in [1.82, 2.24) is 10.2 Å². The van der Waals surface area contributed by atoms with Gasteiger partial charge in [0.2, 0.25) is 5.91 Å². The summed E-state index contributed by atoms with van der Waals surface area (Å²) in [6.45, 7) is 5.76. The number of nitriles is 1. The molecule has 0 unspecified atom stereocenters. The largest absolute Gasteiger partial charge is 0.444 e. The summed E-state index contributed by atoms with van der Waals surface area (Å²) in [5.41, 5.74) is 7.66. The zero-order valence-electron chi connectivity index (χ0n) is 21.7. The van der Waals surface area contributed by atoms with Gasteiger partial charge in [-0.3, -0.25) is 9.69 Å². The normalized spacial score (nSPS) is 16.9. The Kier molecular flexibility index (Phi) is 8.49. The quantitative estimate of drug-likeness (QED) is 0.547. The van der Waals surface area contributed by atoms with Crippen molar-refractivity contribution in [2.24, 2.45) is 0 Å². The van der Waals surface area contributed by atoms with Crippen molar-refractivity contribution >= 4 is 27.5 Å². The molecule has 0 saturated carbocycles. The Morgan fingerprint density at radius 3 is 2.41 bits per heavy atom. The third-order valence-corrected chi connectivity index (χ3v) is 7.20. The third-order valence-electron chi connectivity index (χ3n) is 6.05. The van der Waals surface area contributed by atoms with Crippen molar-refractivity contribution in [3.8, 4) is 17.2 Å². The highest BCUT2D eigenvalue weighted by atomic mass is 32.2. The molecule has 3 N–H and O–H groups in total. The van der Waals surface area contributed by atoms with E-state index in [-0.39, 0.29) is 22.9 Å². The molecular weight excluding hydrogens is 492 g/mol. The first-order valence-electron chi connectivity index (χ1n) is 12.2. The Morgan fingerprint density at radius 1 is 1.16 bits per heavy atom. The lowest BCUT2D eigenvalue weighted by molar-refractivity contribution is -0.128. The number of benzene rings is 2. The molecule has 9 nitrogen and oxygen atoms in total. The van der Waals surface area contributed by atoms with E-state index in [0.29, 0.717) is 18.5 Å². The number of nitrogens with one attached hydrogen (secondary N) is 1. The van der Waals surface area contributed by atoms with E-state index in [1.165, 1.54) is 4.90 Å². The highest BCUT2D eigenvalue weighted by Gasteiger charge is 2.35. The van der Waals surface area contributed by atoms with Crippen LogP contribution >= 0.6 is 0 Å². The maximum atomic E-state index is 13.0. The summed E-state index contributed by atoms with van der Waals surface area (Å²) in [5.74, 6) is -0.371. The molecule has 1 saturated heterocycles. The summed E-state index contributed by atoms with van der Waals surface area (Å²) >= 11 is 0. The minimum atomic E-state index is -3.46. The molecule has 2 atom stereocenters. The van der Waals surface area contributed by atoms with Crippen LogP contribution in [-0.2, 0) is 25.8 Å². The SMILES string of the molecule is CC(C)(C)OC(=O)N1CCCC[C@H]1C(=O)N[C@H](C#N)Cc1ccc(-c2ccc(N)c(S(C)(=O)=O)c2)cc1. The van der Waals surface area contributed by atoms with Crippen LogP contribution in [0.25, 0.3) is 11.1 Å². The van der Waals surface area contributed by atoms with Crippen molar-refractivity contribution in [1.29, 1.82) is 5.26 Å². The average molecular weight is 527 g/mol. The number of anilines is 1. The first-order chi connectivity index (χ1) is 17.3. The molecule has 0 radical (unpaired) electrons. The van der Waals surface area contributed by atoms with Crippen LogP contribution in [0.3, 0.4) is 0 Å². The lowest BCUT2D eigenvalue weighted by atomic mass is 9.99. The van der Waals surface area contributed by atoms with Gasteiger partial charge in [0.05, 0.1) is 16.7 Å². The lowest BCUT2D eigenvalue weighted by Gasteiger charge is -2.36. The Balaban J connectivity index is 1.69. The van der Waals surface area contributed by atoms with Crippen LogP contribution in [0.1, 0.15) is 45.6 Å². The standard InChI is InChI=1S/C27H34N4O5S/c1-27(2,3)36-26(33)31-14-6-5-7-23(31)25(32)30-21(17-28)15-18-8-10-19(11-9-18)20-12-13-22(29)24(16-20)37(4,34)35/h8-13,16,21,23H,5-7,14-15,29H2,1-4H3,(H,30,32)/t21-,23-/m0/s1. The number of sulfone groups is 1. The predicted molar refractivity (Wildman–Crippen MR) is 141 cm³/mol. The van der Waals surface area contributed by atoms with Gasteiger partial charge in [0.25, 0.3) is 0 Å². The molecule has 0 aromatic heterocycles. The minimum absolute atomic E-state index is 0.0736. The Hall–Kier alpha value is -3.58. The second-order valence-corrected chi connectivity index (χ2v) is 12.3. The molecule has 0 spiro atoms. The molecule has 2 amide bonds. The van der Waals surface area contributed by atoms with Crippen molar-refractivity contribution in [3.05, 3.63) is 48.0 Å². The first-order valence-corrected chi connectivity index (χ1v) is 14.1. The molecule has 1 aliphatic heterocycles. The maximum Gasteiger partial charge on any atom is 0.410 e.